The number of halogens is 2. The van der Waals surface area contributed by atoms with Crippen molar-refractivity contribution in [1.82, 2.24) is 4.90 Å². The second-order valence-electron chi connectivity index (χ2n) is 8.25. The van der Waals surface area contributed by atoms with Crippen LogP contribution in [0.3, 0.4) is 0 Å². The molecule has 5 rings (SSSR count). The number of Topliss-reactive ketones (excluding diaryl/α,β-unsaturated/α-hetero) is 1. The standard InChI is InChI=1S/C20H23F2NO3/c1-23-6-5-20-16-11(9-15(21)22)8-13(24)19(20)26-18-14(25-2)4-3-10(17(18)20)7-12(16)23/h3-4,11-12,15-16,19H,5-9H2,1-2H3/t11-,12?,16?,19+,20?/m1/s1. The van der Waals surface area contributed by atoms with E-state index in [1.807, 2.05) is 6.07 Å². The summed E-state index contributed by atoms with van der Waals surface area (Å²) >= 11 is 0. The van der Waals surface area contributed by atoms with Crippen molar-refractivity contribution in [2.24, 2.45) is 11.8 Å². The first-order valence-electron chi connectivity index (χ1n) is 9.35. The van der Waals surface area contributed by atoms with Crippen LogP contribution in [-0.4, -0.2) is 50.0 Å². The Morgan fingerprint density at radius 2 is 2.19 bits per heavy atom. The summed E-state index contributed by atoms with van der Waals surface area (Å²) in [6.07, 6.45) is -1.36. The van der Waals surface area contributed by atoms with Gasteiger partial charge in [-0.1, -0.05) is 6.07 Å². The number of nitrogens with zero attached hydrogens (tertiary/aromatic N) is 1. The van der Waals surface area contributed by atoms with Crippen LogP contribution in [0.15, 0.2) is 12.1 Å². The Morgan fingerprint density at radius 3 is 2.92 bits per heavy atom. The summed E-state index contributed by atoms with van der Waals surface area (Å²) in [6.45, 7) is 0.853. The molecule has 26 heavy (non-hydrogen) atoms. The van der Waals surface area contributed by atoms with Gasteiger partial charge in [-0.05, 0) is 49.9 Å². The topological polar surface area (TPSA) is 38.8 Å². The number of rotatable bonds is 3. The molecule has 2 fully saturated rings. The highest BCUT2D eigenvalue weighted by molar-refractivity contribution is 5.89. The highest BCUT2D eigenvalue weighted by atomic mass is 19.3. The minimum atomic E-state index is -2.39. The monoisotopic (exact) mass is 363 g/mol. The van der Waals surface area contributed by atoms with Crippen molar-refractivity contribution in [2.45, 2.75) is 49.7 Å². The molecule has 1 saturated heterocycles. The number of ether oxygens (including phenoxy) is 2. The normalized spacial score (nSPS) is 37.5. The number of likely N-dealkylation sites (tertiary alicyclic amines) is 1. The molecule has 2 heterocycles. The van der Waals surface area contributed by atoms with Gasteiger partial charge in [0.1, 0.15) is 0 Å². The van der Waals surface area contributed by atoms with Gasteiger partial charge < -0.3 is 14.4 Å². The van der Waals surface area contributed by atoms with E-state index in [0.717, 1.165) is 24.9 Å². The molecule has 2 bridgehead atoms. The minimum Gasteiger partial charge on any atom is -0.493 e. The van der Waals surface area contributed by atoms with E-state index in [2.05, 4.69) is 18.0 Å². The van der Waals surface area contributed by atoms with Crippen LogP contribution in [0.1, 0.15) is 30.4 Å². The molecule has 0 radical (unpaired) electrons. The van der Waals surface area contributed by atoms with Gasteiger partial charge in [0.25, 0.3) is 0 Å². The van der Waals surface area contributed by atoms with Gasteiger partial charge in [-0.15, -0.1) is 0 Å². The van der Waals surface area contributed by atoms with E-state index < -0.39 is 17.9 Å². The van der Waals surface area contributed by atoms with Crippen LogP contribution < -0.4 is 9.47 Å². The quantitative estimate of drug-likeness (QED) is 0.828. The molecule has 0 amide bonds. The Labute approximate surface area is 151 Å². The zero-order chi connectivity index (χ0) is 18.2. The Bertz CT molecular complexity index is 783. The number of benzene rings is 1. The number of ketones is 1. The molecule has 140 valence electrons. The van der Waals surface area contributed by atoms with Gasteiger partial charge in [-0.25, -0.2) is 8.78 Å². The molecule has 1 aromatic carbocycles. The highest BCUT2D eigenvalue weighted by Gasteiger charge is 2.68. The maximum Gasteiger partial charge on any atom is 0.238 e. The van der Waals surface area contributed by atoms with Crippen LogP contribution in [0, 0.1) is 11.8 Å². The first kappa shape index (κ1) is 16.5. The Kier molecular flexibility index (Phi) is 3.43. The number of carbonyl (C=O) groups is 1. The molecular formula is C20H23F2NO3. The fourth-order valence-electron chi connectivity index (χ4n) is 6.37. The summed E-state index contributed by atoms with van der Waals surface area (Å²) in [5.41, 5.74) is 1.79. The first-order valence-corrected chi connectivity index (χ1v) is 9.35. The summed E-state index contributed by atoms with van der Waals surface area (Å²) in [7, 11) is 3.67. The summed E-state index contributed by atoms with van der Waals surface area (Å²) in [6, 6.07) is 4.15. The average molecular weight is 363 g/mol. The second kappa shape index (κ2) is 5.41. The van der Waals surface area contributed by atoms with Crippen molar-refractivity contribution < 1.29 is 23.0 Å². The van der Waals surface area contributed by atoms with Crippen LogP contribution in [-0.2, 0) is 16.6 Å². The van der Waals surface area contributed by atoms with E-state index in [-0.39, 0.29) is 36.5 Å². The Balaban J connectivity index is 1.75. The molecule has 3 unspecified atom stereocenters. The third-order valence-electron chi connectivity index (χ3n) is 7.22. The molecule has 5 atom stereocenters. The fourth-order valence-corrected chi connectivity index (χ4v) is 6.37. The number of hydrogen-bond donors (Lipinski definition) is 0. The highest BCUT2D eigenvalue weighted by Crippen LogP contribution is 2.64. The molecule has 2 aliphatic heterocycles. The maximum atomic E-state index is 13.3. The van der Waals surface area contributed by atoms with Crippen molar-refractivity contribution in [3.63, 3.8) is 0 Å². The van der Waals surface area contributed by atoms with Gasteiger partial charge in [-0.3, -0.25) is 4.79 Å². The lowest BCUT2D eigenvalue weighted by Crippen LogP contribution is -2.68. The second-order valence-corrected chi connectivity index (χ2v) is 8.25. The van der Waals surface area contributed by atoms with Crippen molar-refractivity contribution in [3.05, 3.63) is 23.3 Å². The zero-order valence-electron chi connectivity index (χ0n) is 15.0. The van der Waals surface area contributed by atoms with E-state index in [9.17, 15) is 13.6 Å². The molecule has 1 spiro atoms. The SMILES string of the molecule is COc1ccc2c3c1O[C@H]1C(=O)C[C@H](CC(F)F)C4C(C2)N(C)CCC341. The first-order chi connectivity index (χ1) is 12.5. The predicted molar refractivity (Wildman–Crippen MR) is 91.1 cm³/mol. The number of piperidine rings is 1. The predicted octanol–water partition coefficient (Wildman–Crippen LogP) is 2.81. The number of carbonyl (C=O) groups excluding carboxylic acids is 1. The number of likely N-dealkylation sites (N-methyl/N-ethyl adjacent to an activating group) is 1. The molecule has 4 nitrogen and oxygen atoms in total. The lowest BCUT2D eigenvalue weighted by Gasteiger charge is -2.59. The largest absolute Gasteiger partial charge is 0.493 e. The van der Waals surface area contributed by atoms with Gasteiger partial charge in [0, 0.05) is 29.9 Å². The van der Waals surface area contributed by atoms with E-state index in [4.69, 9.17) is 9.47 Å². The molecule has 2 aliphatic carbocycles. The minimum absolute atomic E-state index is 0.0266. The summed E-state index contributed by atoms with van der Waals surface area (Å²) in [5.74, 6) is 1.02. The molecule has 0 N–H and O–H groups in total. The smallest absolute Gasteiger partial charge is 0.238 e. The third-order valence-corrected chi connectivity index (χ3v) is 7.22. The molecule has 1 aromatic rings. The average Bonchev–Trinajstić information content (AvgIpc) is 2.94. The van der Waals surface area contributed by atoms with Crippen LogP contribution in [0.5, 0.6) is 11.5 Å². The van der Waals surface area contributed by atoms with Crippen molar-refractivity contribution >= 4 is 5.78 Å². The van der Waals surface area contributed by atoms with Crippen molar-refractivity contribution in [2.75, 3.05) is 20.7 Å². The fraction of sp³-hybridized carbons (Fsp3) is 0.650. The van der Waals surface area contributed by atoms with Crippen molar-refractivity contribution in [1.29, 1.82) is 0 Å². The summed E-state index contributed by atoms with van der Waals surface area (Å²) in [4.78, 5) is 15.3. The molecule has 4 aliphatic rings. The van der Waals surface area contributed by atoms with E-state index in [1.54, 1.807) is 7.11 Å². The van der Waals surface area contributed by atoms with Gasteiger partial charge in [0.2, 0.25) is 6.43 Å². The van der Waals surface area contributed by atoms with Crippen LogP contribution >= 0.6 is 0 Å². The summed E-state index contributed by atoms with van der Waals surface area (Å²) in [5, 5.41) is 0. The Morgan fingerprint density at radius 1 is 1.38 bits per heavy atom. The molecular weight excluding hydrogens is 340 g/mol. The van der Waals surface area contributed by atoms with Crippen LogP contribution in [0.25, 0.3) is 0 Å². The third kappa shape index (κ3) is 1.89. The van der Waals surface area contributed by atoms with Crippen LogP contribution in [0.2, 0.25) is 0 Å². The Hall–Kier alpha value is -1.69. The number of hydrogen-bond acceptors (Lipinski definition) is 4. The van der Waals surface area contributed by atoms with Gasteiger partial charge in [0.05, 0.1) is 7.11 Å². The number of alkyl halides is 2. The lowest BCUT2D eigenvalue weighted by atomic mass is 9.48. The van der Waals surface area contributed by atoms with Crippen molar-refractivity contribution in [3.8, 4) is 11.5 Å². The van der Waals surface area contributed by atoms with E-state index >= 15 is 0 Å². The van der Waals surface area contributed by atoms with Gasteiger partial charge >= 0.3 is 0 Å². The van der Waals surface area contributed by atoms with Crippen LogP contribution in [0.4, 0.5) is 8.78 Å². The van der Waals surface area contributed by atoms with E-state index in [1.165, 1.54) is 5.56 Å². The maximum absolute atomic E-state index is 13.3. The zero-order valence-corrected chi connectivity index (χ0v) is 15.0. The molecule has 1 saturated carbocycles. The van der Waals surface area contributed by atoms with Gasteiger partial charge in [0.15, 0.2) is 23.4 Å². The molecule has 6 heteroatoms. The van der Waals surface area contributed by atoms with Gasteiger partial charge in [-0.2, -0.15) is 0 Å². The van der Waals surface area contributed by atoms with E-state index in [0.29, 0.717) is 11.5 Å². The summed E-state index contributed by atoms with van der Waals surface area (Å²) < 4.78 is 38.4. The number of methoxy groups -OCH3 is 1. The lowest BCUT2D eigenvalue weighted by molar-refractivity contribution is -0.145. The molecule has 0 aromatic heterocycles.